The number of amides is 11. The molecule has 6 atom stereocenters. The molecule has 0 aromatic heterocycles. The number of rotatable bonds is 35. The van der Waals surface area contributed by atoms with E-state index in [1.807, 2.05) is 83.1 Å². The van der Waals surface area contributed by atoms with Gasteiger partial charge in [-0.05, 0) is 157 Å². The molecule has 0 rings (SSSR count). The van der Waals surface area contributed by atoms with Crippen LogP contribution in [0.3, 0.4) is 0 Å². The highest BCUT2D eigenvalue weighted by molar-refractivity contribution is 6.01. The standard InChI is InChI=1S/C60H110N12O13/c1-31(2)25-37(61)43(73)67-55(13,14)49(79)62-38(26-32(3)4)44(74)68-56(15,16)50(80)63-39(27-33(5)6)45(75)69-57(17,18)51(81)64-40(28-34(7)8)46(76)70-58(19,20)52(82)65-41(29-35(9)10)47(77)71-59(21,22)53(83)66-42(30-36(11)12)48(78)72-60(23,24)54(84)85/h31-42H,25-30,61H2,1-24H3,(H,62,79)(H,63,80)(H,64,81)(H,65,82)(H,66,83)(H,67,73)(H,68,74)(H,69,75)(H,70,76)(H,71,77)(H,72,78)(H,84,85)/t37-,38-,39-,40-,41-,42-/m0/s1. The molecule has 0 saturated carbocycles. The minimum atomic E-state index is -1.71. The minimum Gasteiger partial charge on any atom is -0.480 e. The average Bonchev–Trinajstić information content (AvgIpc) is 3.53. The van der Waals surface area contributed by atoms with Crippen molar-refractivity contribution < 1.29 is 62.6 Å². The zero-order chi connectivity index (χ0) is 66.9. The molecule has 0 aromatic rings. The van der Waals surface area contributed by atoms with Crippen LogP contribution in [0.2, 0.25) is 0 Å². The van der Waals surface area contributed by atoms with Crippen molar-refractivity contribution in [2.75, 3.05) is 0 Å². The Bertz CT molecular complexity index is 2380. The highest BCUT2D eigenvalue weighted by Gasteiger charge is 2.43. The molecule has 0 bridgehead atoms. The fourth-order valence-corrected chi connectivity index (χ4v) is 8.54. The van der Waals surface area contributed by atoms with Crippen LogP contribution in [0.25, 0.3) is 0 Å². The monoisotopic (exact) mass is 1210 g/mol. The summed E-state index contributed by atoms with van der Waals surface area (Å²) >= 11 is 0. The zero-order valence-corrected chi connectivity index (χ0v) is 55.6. The molecule has 0 unspecified atom stereocenters. The summed E-state index contributed by atoms with van der Waals surface area (Å²) in [7, 11) is 0. The molecule has 25 heteroatoms. The van der Waals surface area contributed by atoms with Crippen LogP contribution in [0.15, 0.2) is 0 Å². The predicted molar refractivity (Wildman–Crippen MR) is 325 cm³/mol. The van der Waals surface area contributed by atoms with Crippen LogP contribution in [0.5, 0.6) is 0 Å². The van der Waals surface area contributed by atoms with Crippen molar-refractivity contribution in [2.45, 2.75) is 274 Å². The average molecular weight is 1210 g/mol. The third-order valence-electron chi connectivity index (χ3n) is 13.7. The smallest absolute Gasteiger partial charge is 0.328 e. The third kappa shape index (κ3) is 27.2. The van der Waals surface area contributed by atoms with Gasteiger partial charge >= 0.3 is 5.97 Å². The highest BCUT2D eigenvalue weighted by atomic mass is 16.4. The molecule has 488 valence electrons. The van der Waals surface area contributed by atoms with Gasteiger partial charge in [-0.3, -0.25) is 52.7 Å². The van der Waals surface area contributed by atoms with E-state index in [1.54, 1.807) is 0 Å². The fourth-order valence-electron chi connectivity index (χ4n) is 8.54. The fraction of sp³-hybridized carbons (Fsp3) is 0.800. The van der Waals surface area contributed by atoms with Gasteiger partial charge < -0.3 is 69.3 Å². The Morgan fingerprint density at radius 2 is 0.435 bits per heavy atom. The number of carboxylic acids is 1. The van der Waals surface area contributed by atoms with E-state index in [9.17, 15) is 62.6 Å². The van der Waals surface area contributed by atoms with E-state index in [0.717, 1.165) is 0 Å². The summed E-state index contributed by atoms with van der Waals surface area (Å²) in [6, 6.07) is -6.85. The normalized spacial score (nSPS) is 14.7. The SMILES string of the molecule is CC(C)C[C@H](NC(=O)C(C)(C)NC(=O)[C@H](CC(C)C)NC(=O)C(C)(C)NC(=O)[C@H](CC(C)C)NC(=O)C(C)(C)NC(=O)[C@H](CC(C)C)NC(=O)C(C)(C)NC(=O)[C@H](CC(C)C)NC(=O)C(C)(C)NC(=O)[C@@H](N)CC(C)C)C(=O)NC(C)(C)C(=O)O. The number of aliphatic carboxylic acids is 1. The van der Waals surface area contributed by atoms with Crippen molar-refractivity contribution in [1.29, 1.82) is 0 Å². The van der Waals surface area contributed by atoms with Crippen molar-refractivity contribution >= 4 is 70.9 Å². The lowest BCUT2D eigenvalue weighted by Gasteiger charge is -2.34. The summed E-state index contributed by atoms with van der Waals surface area (Å²) in [5.74, 6) is -9.81. The first-order chi connectivity index (χ1) is 38.3. The maximum absolute atomic E-state index is 14.2. The molecule has 0 radical (unpaired) electrons. The lowest BCUT2D eigenvalue weighted by molar-refractivity contribution is -0.146. The first-order valence-electron chi connectivity index (χ1n) is 29.8. The molecule has 0 aliphatic carbocycles. The summed E-state index contributed by atoms with van der Waals surface area (Å²) in [5, 5.41) is 38.9. The zero-order valence-electron chi connectivity index (χ0n) is 55.6. The first kappa shape index (κ1) is 78.6. The lowest BCUT2D eigenvalue weighted by Crippen LogP contribution is -2.66. The van der Waals surface area contributed by atoms with Gasteiger partial charge in [0.05, 0.1) is 6.04 Å². The number of hydrogen-bond donors (Lipinski definition) is 13. The van der Waals surface area contributed by atoms with E-state index in [2.05, 4.69) is 58.5 Å². The molecule has 0 aliphatic rings. The molecule has 85 heavy (non-hydrogen) atoms. The van der Waals surface area contributed by atoms with E-state index in [1.165, 1.54) is 83.1 Å². The predicted octanol–water partition coefficient (Wildman–Crippen LogP) is 2.47. The van der Waals surface area contributed by atoms with Crippen LogP contribution in [-0.4, -0.2) is 146 Å². The van der Waals surface area contributed by atoms with E-state index >= 15 is 0 Å². The van der Waals surface area contributed by atoms with E-state index in [-0.39, 0.29) is 67.6 Å². The number of carbonyl (C=O) groups excluding carboxylic acids is 11. The molecule has 14 N–H and O–H groups in total. The Hall–Kier alpha value is -6.40. The topological polar surface area (TPSA) is 383 Å². The van der Waals surface area contributed by atoms with Crippen molar-refractivity contribution in [3.8, 4) is 0 Å². The summed E-state index contributed by atoms with van der Waals surface area (Å²) in [5.41, 5.74) is -3.78. The number of carbonyl (C=O) groups is 12. The first-order valence-corrected chi connectivity index (χ1v) is 29.8. The Labute approximate surface area is 505 Å². The second-order valence-corrected chi connectivity index (χ2v) is 28.5. The maximum Gasteiger partial charge on any atom is 0.328 e. The van der Waals surface area contributed by atoms with Crippen LogP contribution in [0.4, 0.5) is 0 Å². The van der Waals surface area contributed by atoms with E-state index < -0.39 is 140 Å². The van der Waals surface area contributed by atoms with Crippen LogP contribution in [-0.2, 0) is 57.5 Å². The van der Waals surface area contributed by atoms with Gasteiger partial charge in [-0.1, -0.05) is 83.1 Å². The Kier molecular flexibility index (Phi) is 29.9. The van der Waals surface area contributed by atoms with Gasteiger partial charge in [0.1, 0.15) is 63.4 Å². The summed E-state index contributed by atoms with van der Waals surface area (Å²) in [4.78, 5) is 164. The quantitative estimate of drug-likeness (QED) is 0.0434. The van der Waals surface area contributed by atoms with E-state index in [0.29, 0.717) is 6.42 Å². The summed E-state index contributed by atoms with van der Waals surface area (Å²) in [6.07, 6.45) is 0.998. The highest BCUT2D eigenvalue weighted by Crippen LogP contribution is 2.18. The van der Waals surface area contributed by atoms with Crippen LogP contribution < -0.4 is 64.2 Å². The van der Waals surface area contributed by atoms with Crippen molar-refractivity contribution in [2.24, 2.45) is 41.2 Å². The maximum atomic E-state index is 14.2. The molecule has 0 saturated heterocycles. The van der Waals surface area contributed by atoms with Crippen molar-refractivity contribution in [3.63, 3.8) is 0 Å². The van der Waals surface area contributed by atoms with Gasteiger partial charge in [-0.2, -0.15) is 0 Å². The largest absolute Gasteiger partial charge is 0.480 e. The van der Waals surface area contributed by atoms with Gasteiger partial charge in [0.25, 0.3) is 0 Å². The van der Waals surface area contributed by atoms with Crippen LogP contribution in [0, 0.1) is 35.5 Å². The summed E-state index contributed by atoms with van der Waals surface area (Å²) in [6.45, 7) is 38.9. The molecular formula is C60H110N12O13. The molecule has 0 fully saturated rings. The molecule has 11 amide bonds. The van der Waals surface area contributed by atoms with Crippen LogP contribution >= 0.6 is 0 Å². The number of nitrogens with two attached hydrogens (primary N) is 1. The Morgan fingerprint density at radius 3 is 0.588 bits per heavy atom. The molecule has 0 spiro atoms. The lowest BCUT2D eigenvalue weighted by atomic mass is 9.95. The summed E-state index contributed by atoms with van der Waals surface area (Å²) < 4.78 is 0. The number of nitrogens with one attached hydrogen (secondary N) is 11. The van der Waals surface area contributed by atoms with Gasteiger partial charge in [-0.15, -0.1) is 0 Å². The number of carboxylic acid groups (broad SMARTS) is 1. The molecule has 0 aromatic carbocycles. The second-order valence-electron chi connectivity index (χ2n) is 28.5. The van der Waals surface area contributed by atoms with Crippen molar-refractivity contribution in [3.05, 3.63) is 0 Å². The molecular weight excluding hydrogens is 1100 g/mol. The van der Waals surface area contributed by atoms with Gasteiger partial charge in [-0.25, -0.2) is 4.79 Å². The van der Waals surface area contributed by atoms with Gasteiger partial charge in [0, 0.05) is 0 Å². The molecule has 0 heterocycles. The Balaban J connectivity index is 6.41. The van der Waals surface area contributed by atoms with Crippen LogP contribution in [0.1, 0.15) is 205 Å². The van der Waals surface area contributed by atoms with Crippen molar-refractivity contribution in [1.82, 2.24) is 58.5 Å². The minimum absolute atomic E-state index is 0.0852. The second kappa shape index (κ2) is 32.4. The van der Waals surface area contributed by atoms with E-state index in [4.69, 9.17) is 5.73 Å². The number of hydrogen-bond acceptors (Lipinski definition) is 13. The molecule has 25 nitrogen and oxygen atoms in total. The Morgan fingerprint density at radius 1 is 0.282 bits per heavy atom. The molecule has 0 aliphatic heterocycles. The van der Waals surface area contributed by atoms with Gasteiger partial charge in [0.15, 0.2) is 0 Å². The third-order valence-corrected chi connectivity index (χ3v) is 13.7. The van der Waals surface area contributed by atoms with Gasteiger partial charge in [0.2, 0.25) is 65.0 Å².